The summed E-state index contributed by atoms with van der Waals surface area (Å²) < 4.78 is 0. The third kappa shape index (κ3) is 3.95. The molecule has 1 rings (SSSR count). The van der Waals surface area contributed by atoms with Crippen LogP contribution in [-0.2, 0) is 0 Å². The molecule has 3 unspecified atom stereocenters. The van der Waals surface area contributed by atoms with Gasteiger partial charge in [0.2, 0.25) is 0 Å². The van der Waals surface area contributed by atoms with Crippen LogP contribution < -0.4 is 5.32 Å². The van der Waals surface area contributed by atoms with E-state index in [2.05, 4.69) is 31.0 Å². The van der Waals surface area contributed by atoms with Gasteiger partial charge in [-0.25, -0.2) is 0 Å². The van der Waals surface area contributed by atoms with Gasteiger partial charge >= 0.3 is 0 Å². The van der Waals surface area contributed by atoms with Gasteiger partial charge in [-0.15, -0.1) is 0 Å². The second-order valence-corrected chi connectivity index (χ2v) is 4.37. The smallest absolute Gasteiger partial charge is 0.0791 e. The zero-order valence-electron chi connectivity index (χ0n) is 9.66. The molecule has 1 fully saturated rings. The molecule has 0 saturated heterocycles. The van der Waals surface area contributed by atoms with Gasteiger partial charge in [0, 0.05) is 19.1 Å². The van der Waals surface area contributed by atoms with Crippen LogP contribution in [0.3, 0.4) is 0 Å². The third-order valence-corrected chi connectivity index (χ3v) is 3.09. The van der Waals surface area contributed by atoms with Crippen LogP contribution in [0.25, 0.3) is 0 Å². The van der Waals surface area contributed by atoms with Crippen LogP contribution >= 0.6 is 0 Å². The zero-order valence-corrected chi connectivity index (χ0v) is 9.66. The Morgan fingerprint density at radius 1 is 1.43 bits per heavy atom. The Labute approximate surface area is 87.5 Å². The predicted molar refractivity (Wildman–Crippen MR) is 59.4 cm³/mol. The molecule has 14 heavy (non-hydrogen) atoms. The summed E-state index contributed by atoms with van der Waals surface area (Å²) in [5.41, 5.74) is 0. The molecule has 0 aromatic carbocycles. The van der Waals surface area contributed by atoms with Gasteiger partial charge in [0.05, 0.1) is 6.10 Å². The molecule has 0 aliphatic heterocycles. The minimum Gasteiger partial charge on any atom is -0.390 e. The standard InChI is InChI=1S/C11H24N2O/c1-4-13(5-2)8-10(14)7-12-11-6-9(11)3/h9-12,14H,4-8H2,1-3H3. The molecule has 1 aliphatic carbocycles. The highest BCUT2D eigenvalue weighted by Gasteiger charge is 2.32. The number of rotatable bonds is 7. The normalized spacial score (nSPS) is 28.1. The minimum absolute atomic E-state index is 0.220. The molecule has 0 aromatic rings. The lowest BCUT2D eigenvalue weighted by molar-refractivity contribution is 0.116. The van der Waals surface area contributed by atoms with Crippen molar-refractivity contribution in [2.45, 2.75) is 39.3 Å². The number of nitrogens with one attached hydrogen (secondary N) is 1. The Bertz CT molecular complexity index is 159. The summed E-state index contributed by atoms with van der Waals surface area (Å²) in [4.78, 5) is 2.25. The number of hydrogen-bond acceptors (Lipinski definition) is 3. The van der Waals surface area contributed by atoms with E-state index in [0.29, 0.717) is 6.04 Å². The molecule has 0 aromatic heterocycles. The van der Waals surface area contributed by atoms with Crippen molar-refractivity contribution in [3.63, 3.8) is 0 Å². The Balaban J connectivity index is 2.05. The molecule has 3 heteroatoms. The molecule has 0 spiro atoms. The molecule has 84 valence electrons. The van der Waals surface area contributed by atoms with E-state index in [9.17, 15) is 5.11 Å². The van der Waals surface area contributed by atoms with Crippen molar-refractivity contribution < 1.29 is 5.11 Å². The van der Waals surface area contributed by atoms with Gasteiger partial charge in [-0.3, -0.25) is 0 Å². The van der Waals surface area contributed by atoms with E-state index in [1.165, 1.54) is 6.42 Å². The first-order chi connectivity index (χ1) is 6.67. The Hall–Kier alpha value is -0.120. The van der Waals surface area contributed by atoms with Crippen LogP contribution in [0.5, 0.6) is 0 Å². The average molecular weight is 200 g/mol. The molecular weight excluding hydrogens is 176 g/mol. The molecule has 2 N–H and O–H groups in total. The van der Waals surface area contributed by atoms with E-state index in [1.54, 1.807) is 0 Å². The molecule has 3 atom stereocenters. The van der Waals surface area contributed by atoms with Crippen LogP contribution in [0, 0.1) is 5.92 Å². The van der Waals surface area contributed by atoms with Crippen LogP contribution in [0.15, 0.2) is 0 Å². The lowest BCUT2D eigenvalue weighted by Gasteiger charge is -2.22. The first kappa shape index (κ1) is 12.0. The fourth-order valence-corrected chi connectivity index (χ4v) is 1.74. The van der Waals surface area contributed by atoms with Crippen molar-refractivity contribution in [1.29, 1.82) is 0 Å². The van der Waals surface area contributed by atoms with Crippen molar-refractivity contribution in [2.75, 3.05) is 26.2 Å². The molecular formula is C11H24N2O. The Morgan fingerprint density at radius 2 is 2.00 bits per heavy atom. The van der Waals surface area contributed by atoms with Gasteiger partial charge in [-0.05, 0) is 25.4 Å². The van der Waals surface area contributed by atoms with Crippen LogP contribution in [0.4, 0.5) is 0 Å². The lowest BCUT2D eigenvalue weighted by Crippen LogP contribution is -2.39. The maximum atomic E-state index is 9.74. The molecule has 3 nitrogen and oxygen atoms in total. The monoisotopic (exact) mass is 200 g/mol. The first-order valence-electron chi connectivity index (χ1n) is 5.81. The van der Waals surface area contributed by atoms with E-state index in [-0.39, 0.29) is 6.10 Å². The second kappa shape index (κ2) is 5.69. The highest BCUT2D eigenvalue weighted by molar-refractivity contribution is 4.90. The van der Waals surface area contributed by atoms with Gasteiger partial charge < -0.3 is 15.3 Å². The van der Waals surface area contributed by atoms with Gasteiger partial charge in [0.15, 0.2) is 0 Å². The van der Waals surface area contributed by atoms with E-state index in [0.717, 1.165) is 32.1 Å². The predicted octanol–water partition coefficient (Wildman–Crippen LogP) is 0.687. The maximum absolute atomic E-state index is 9.74. The summed E-state index contributed by atoms with van der Waals surface area (Å²) >= 11 is 0. The van der Waals surface area contributed by atoms with Crippen molar-refractivity contribution >= 4 is 0 Å². The molecule has 0 radical (unpaired) electrons. The van der Waals surface area contributed by atoms with Gasteiger partial charge in [0.25, 0.3) is 0 Å². The van der Waals surface area contributed by atoms with Crippen LogP contribution in [-0.4, -0.2) is 48.3 Å². The third-order valence-electron chi connectivity index (χ3n) is 3.09. The molecule has 0 amide bonds. The highest BCUT2D eigenvalue weighted by atomic mass is 16.3. The topological polar surface area (TPSA) is 35.5 Å². The second-order valence-electron chi connectivity index (χ2n) is 4.37. The van der Waals surface area contributed by atoms with Crippen molar-refractivity contribution in [3.8, 4) is 0 Å². The SMILES string of the molecule is CCN(CC)CC(O)CNC1CC1C. The first-order valence-corrected chi connectivity index (χ1v) is 5.81. The quantitative estimate of drug-likeness (QED) is 0.634. The summed E-state index contributed by atoms with van der Waals surface area (Å²) in [6.07, 6.45) is 1.06. The van der Waals surface area contributed by atoms with E-state index < -0.39 is 0 Å². The number of nitrogens with zero attached hydrogens (tertiary/aromatic N) is 1. The van der Waals surface area contributed by atoms with E-state index in [4.69, 9.17) is 0 Å². The van der Waals surface area contributed by atoms with E-state index >= 15 is 0 Å². The summed E-state index contributed by atoms with van der Waals surface area (Å²) in [6.45, 7) is 10.1. The molecule has 0 bridgehead atoms. The van der Waals surface area contributed by atoms with Gasteiger partial charge in [-0.1, -0.05) is 20.8 Å². The number of hydrogen-bond donors (Lipinski definition) is 2. The summed E-state index contributed by atoms with van der Waals surface area (Å²) in [7, 11) is 0. The largest absolute Gasteiger partial charge is 0.390 e. The number of likely N-dealkylation sites (N-methyl/N-ethyl adjacent to an activating group) is 1. The van der Waals surface area contributed by atoms with Gasteiger partial charge in [0.1, 0.15) is 0 Å². The van der Waals surface area contributed by atoms with Crippen LogP contribution in [0.2, 0.25) is 0 Å². The minimum atomic E-state index is -0.220. The van der Waals surface area contributed by atoms with Crippen LogP contribution in [0.1, 0.15) is 27.2 Å². The van der Waals surface area contributed by atoms with E-state index in [1.807, 2.05) is 0 Å². The molecule has 1 aliphatic rings. The summed E-state index contributed by atoms with van der Waals surface area (Å²) in [6, 6.07) is 0.668. The van der Waals surface area contributed by atoms with Crippen molar-refractivity contribution in [1.82, 2.24) is 10.2 Å². The lowest BCUT2D eigenvalue weighted by atomic mass is 10.3. The number of aliphatic hydroxyl groups excluding tert-OH is 1. The van der Waals surface area contributed by atoms with Crippen molar-refractivity contribution in [2.24, 2.45) is 5.92 Å². The highest BCUT2D eigenvalue weighted by Crippen LogP contribution is 2.28. The zero-order chi connectivity index (χ0) is 10.6. The molecule has 0 heterocycles. The summed E-state index contributed by atoms with van der Waals surface area (Å²) in [5, 5.41) is 13.1. The number of aliphatic hydroxyl groups is 1. The maximum Gasteiger partial charge on any atom is 0.0791 e. The Kier molecular flexibility index (Phi) is 4.85. The van der Waals surface area contributed by atoms with Gasteiger partial charge in [-0.2, -0.15) is 0 Å². The summed E-state index contributed by atoms with van der Waals surface area (Å²) in [5.74, 6) is 0.815. The van der Waals surface area contributed by atoms with Crippen molar-refractivity contribution in [3.05, 3.63) is 0 Å². The Morgan fingerprint density at radius 3 is 2.43 bits per heavy atom. The molecule has 1 saturated carbocycles. The fourth-order valence-electron chi connectivity index (χ4n) is 1.74. The fraction of sp³-hybridized carbons (Fsp3) is 1.00. The average Bonchev–Trinajstić information content (AvgIpc) is 2.88.